The van der Waals surface area contributed by atoms with Gasteiger partial charge in [0.05, 0.1) is 0 Å². The third kappa shape index (κ3) is 2.16. The molecule has 0 aliphatic carbocycles. The maximum atomic E-state index is 10.7. The molecule has 1 amide bonds. The summed E-state index contributed by atoms with van der Waals surface area (Å²) in [6.45, 7) is 0. The molecule has 0 bridgehead atoms. The Bertz CT molecular complexity index is 465. The van der Waals surface area contributed by atoms with Gasteiger partial charge in [0, 0.05) is 5.56 Å². The molecule has 1 heterocycles. The van der Waals surface area contributed by atoms with E-state index in [1.807, 2.05) is 29.0 Å². The molecular formula is C11H9NO2S. The van der Waals surface area contributed by atoms with Gasteiger partial charge in [0.1, 0.15) is 5.75 Å². The number of rotatable bonds is 2. The normalized spacial score (nSPS) is 9.87. The maximum absolute atomic E-state index is 10.7. The molecule has 2 N–H and O–H groups in total. The van der Waals surface area contributed by atoms with Crippen LogP contribution in [0.1, 0.15) is 0 Å². The highest BCUT2D eigenvalue weighted by atomic mass is 32.1. The number of nitrogens with two attached hydrogens (primary N) is 1. The van der Waals surface area contributed by atoms with Crippen LogP contribution in [0, 0.1) is 0 Å². The highest BCUT2D eigenvalue weighted by Gasteiger charge is 2.07. The van der Waals surface area contributed by atoms with E-state index in [1.54, 1.807) is 23.5 Å². The Kier molecular flexibility index (Phi) is 2.69. The molecule has 0 radical (unpaired) electrons. The summed E-state index contributed by atoms with van der Waals surface area (Å²) in [4.78, 5) is 10.7. The second-order valence-corrected chi connectivity index (χ2v) is 3.71. The standard InChI is InChI=1S/C11H9NO2S/c12-11(13)14-10-4-2-1-3-9(10)8-5-6-15-7-8/h1-7H,(H2,12,13). The summed E-state index contributed by atoms with van der Waals surface area (Å²) < 4.78 is 4.91. The molecule has 2 rings (SSSR count). The van der Waals surface area contributed by atoms with Gasteiger partial charge < -0.3 is 10.5 Å². The van der Waals surface area contributed by atoms with E-state index in [0.29, 0.717) is 5.75 Å². The molecule has 0 fully saturated rings. The van der Waals surface area contributed by atoms with Crippen molar-refractivity contribution in [3.8, 4) is 16.9 Å². The Morgan fingerprint density at radius 2 is 2.07 bits per heavy atom. The first kappa shape index (κ1) is 9.73. The van der Waals surface area contributed by atoms with E-state index in [-0.39, 0.29) is 0 Å². The fourth-order valence-corrected chi connectivity index (χ4v) is 1.98. The third-order valence-corrected chi connectivity index (χ3v) is 2.61. The van der Waals surface area contributed by atoms with Gasteiger partial charge in [-0.05, 0) is 28.5 Å². The molecule has 0 aliphatic rings. The minimum atomic E-state index is -0.794. The molecule has 3 nitrogen and oxygen atoms in total. The topological polar surface area (TPSA) is 52.3 Å². The van der Waals surface area contributed by atoms with E-state index in [1.165, 1.54) is 0 Å². The Morgan fingerprint density at radius 3 is 2.73 bits per heavy atom. The number of ether oxygens (including phenoxy) is 1. The quantitative estimate of drug-likeness (QED) is 0.844. The van der Waals surface area contributed by atoms with E-state index >= 15 is 0 Å². The summed E-state index contributed by atoms with van der Waals surface area (Å²) in [6, 6.07) is 9.26. The zero-order chi connectivity index (χ0) is 10.7. The first-order valence-corrected chi connectivity index (χ1v) is 5.30. The monoisotopic (exact) mass is 219 g/mol. The second-order valence-electron chi connectivity index (χ2n) is 2.93. The molecule has 4 heteroatoms. The molecule has 0 unspecified atom stereocenters. The third-order valence-electron chi connectivity index (χ3n) is 1.93. The van der Waals surface area contributed by atoms with E-state index in [4.69, 9.17) is 10.5 Å². The lowest BCUT2D eigenvalue weighted by atomic mass is 10.1. The highest BCUT2D eigenvalue weighted by Crippen LogP contribution is 2.30. The van der Waals surface area contributed by atoms with Gasteiger partial charge in [0.15, 0.2) is 0 Å². The molecule has 1 aromatic carbocycles. The predicted molar refractivity (Wildman–Crippen MR) is 60.0 cm³/mol. The van der Waals surface area contributed by atoms with Crippen molar-refractivity contribution in [1.82, 2.24) is 0 Å². The molecule has 0 spiro atoms. The molecule has 15 heavy (non-hydrogen) atoms. The lowest BCUT2D eigenvalue weighted by molar-refractivity contribution is 0.211. The van der Waals surface area contributed by atoms with Crippen LogP contribution in [0.25, 0.3) is 11.1 Å². The van der Waals surface area contributed by atoms with Gasteiger partial charge in [-0.15, -0.1) is 0 Å². The molecule has 2 aromatic rings. The van der Waals surface area contributed by atoms with Crippen molar-refractivity contribution in [3.63, 3.8) is 0 Å². The van der Waals surface area contributed by atoms with Crippen LogP contribution < -0.4 is 10.5 Å². The molecule has 76 valence electrons. The van der Waals surface area contributed by atoms with Gasteiger partial charge in [0.25, 0.3) is 0 Å². The summed E-state index contributed by atoms with van der Waals surface area (Å²) in [6.07, 6.45) is -0.794. The maximum Gasteiger partial charge on any atom is 0.409 e. The van der Waals surface area contributed by atoms with Crippen LogP contribution in [-0.2, 0) is 0 Å². The minimum Gasteiger partial charge on any atom is -0.410 e. The fraction of sp³-hybridized carbons (Fsp3) is 0. The molecular weight excluding hydrogens is 210 g/mol. The summed E-state index contributed by atoms with van der Waals surface area (Å²) in [5, 5.41) is 3.96. The van der Waals surface area contributed by atoms with E-state index in [2.05, 4.69) is 0 Å². The number of carbonyl (C=O) groups excluding carboxylic acids is 1. The zero-order valence-corrected chi connectivity index (χ0v) is 8.66. The van der Waals surface area contributed by atoms with Gasteiger partial charge in [-0.3, -0.25) is 0 Å². The molecule has 0 aliphatic heterocycles. The van der Waals surface area contributed by atoms with Crippen molar-refractivity contribution in [2.75, 3.05) is 0 Å². The van der Waals surface area contributed by atoms with Gasteiger partial charge in [-0.25, -0.2) is 4.79 Å². The number of thiophene rings is 1. The van der Waals surface area contributed by atoms with E-state index in [9.17, 15) is 4.79 Å². The van der Waals surface area contributed by atoms with E-state index < -0.39 is 6.09 Å². The Labute approximate surface area is 91.1 Å². The van der Waals surface area contributed by atoms with Crippen molar-refractivity contribution >= 4 is 17.4 Å². The number of carbonyl (C=O) groups is 1. The number of hydrogen-bond donors (Lipinski definition) is 1. The highest BCUT2D eigenvalue weighted by molar-refractivity contribution is 7.08. The molecule has 1 aromatic heterocycles. The van der Waals surface area contributed by atoms with Gasteiger partial charge >= 0.3 is 6.09 Å². The van der Waals surface area contributed by atoms with Gasteiger partial charge in [-0.1, -0.05) is 18.2 Å². The number of para-hydroxylation sites is 1. The summed E-state index contributed by atoms with van der Waals surface area (Å²) >= 11 is 1.59. The van der Waals surface area contributed by atoms with Crippen LogP contribution in [0.15, 0.2) is 41.1 Å². The lowest BCUT2D eigenvalue weighted by Gasteiger charge is -2.06. The van der Waals surface area contributed by atoms with Crippen LogP contribution in [0.3, 0.4) is 0 Å². The van der Waals surface area contributed by atoms with Crippen LogP contribution in [0.2, 0.25) is 0 Å². The molecule has 0 saturated heterocycles. The van der Waals surface area contributed by atoms with Crippen LogP contribution in [0.4, 0.5) is 4.79 Å². The molecule has 0 saturated carbocycles. The number of amides is 1. The summed E-state index contributed by atoms with van der Waals surface area (Å²) in [7, 11) is 0. The van der Waals surface area contributed by atoms with Crippen molar-refractivity contribution in [2.24, 2.45) is 5.73 Å². The first-order chi connectivity index (χ1) is 7.27. The van der Waals surface area contributed by atoms with Crippen molar-refractivity contribution < 1.29 is 9.53 Å². The number of hydrogen-bond acceptors (Lipinski definition) is 3. The van der Waals surface area contributed by atoms with Crippen molar-refractivity contribution in [3.05, 3.63) is 41.1 Å². The van der Waals surface area contributed by atoms with Crippen LogP contribution >= 0.6 is 11.3 Å². The number of benzene rings is 1. The van der Waals surface area contributed by atoms with Crippen molar-refractivity contribution in [2.45, 2.75) is 0 Å². The average Bonchev–Trinajstić information content (AvgIpc) is 2.70. The first-order valence-electron chi connectivity index (χ1n) is 4.36. The summed E-state index contributed by atoms with van der Waals surface area (Å²) in [5.41, 5.74) is 6.89. The van der Waals surface area contributed by atoms with Crippen LogP contribution in [0.5, 0.6) is 5.75 Å². The predicted octanol–water partition coefficient (Wildman–Crippen LogP) is 2.87. The Balaban J connectivity index is 2.42. The summed E-state index contributed by atoms with van der Waals surface area (Å²) in [5.74, 6) is 0.489. The van der Waals surface area contributed by atoms with Crippen LogP contribution in [-0.4, -0.2) is 6.09 Å². The minimum absolute atomic E-state index is 0.489. The van der Waals surface area contributed by atoms with Gasteiger partial charge in [-0.2, -0.15) is 11.3 Å². The number of primary amides is 1. The van der Waals surface area contributed by atoms with Crippen molar-refractivity contribution in [1.29, 1.82) is 0 Å². The SMILES string of the molecule is NC(=O)Oc1ccccc1-c1ccsc1. The molecule has 0 atom stereocenters. The second kappa shape index (κ2) is 4.14. The lowest BCUT2D eigenvalue weighted by Crippen LogP contribution is -2.16. The largest absolute Gasteiger partial charge is 0.410 e. The Morgan fingerprint density at radius 1 is 1.27 bits per heavy atom. The Hall–Kier alpha value is -1.81. The van der Waals surface area contributed by atoms with E-state index in [0.717, 1.165) is 11.1 Å². The van der Waals surface area contributed by atoms with Gasteiger partial charge in [0.2, 0.25) is 0 Å². The smallest absolute Gasteiger partial charge is 0.409 e. The average molecular weight is 219 g/mol. The zero-order valence-electron chi connectivity index (χ0n) is 7.84. The fourth-order valence-electron chi connectivity index (χ4n) is 1.32.